The average Bonchev–Trinajstić information content (AvgIpc) is 1.83. The van der Waals surface area contributed by atoms with E-state index < -0.39 is 0 Å². The molecule has 1 N–H and O–H groups in total. The molecule has 0 aromatic rings. The second kappa shape index (κ2) is 4.40. The summed E-state index contributed by atoms with van der Waals surface area (Å²) in [6, 6.07) is 0. The third-order valence-corrected chi connectivity index (χ3v) is 0.798. The van der Waals surface area contributed by atoms with E-state index in [1.807, 2.05) is 31.4 Å². The Labute approximate surface area is 50.5 Å². The smallest absolute Gasteiger partial charge is 0.0225 e. The predicted molar refractivity (Wildman–Crippen MR) is 36.2 cm³/mol. The van der Waals surface area contributed by atoms with Gasteiger partial charge in [0.05, 0.1) is 0 Å². The van der Waals surface area contributed by atoms with Crippen LogP contribution in [-0.4, -0.2) is 19.1 Å². The standard InChI is InChI=1S/C6H12N2/c1-4-5-6-8(3)7-2/h4-7H,1H2,2-3H3/b6-5-. The van der Waals surface area contributed by atoms with Crippen molar-refractivity contribution in [2.24, 2.45) is 0 Å². The van der Waals surface area contributed by atoms with Crippen molar-refractivity contribution in [1.29, 1.82) is 0 Å². The molecule has 2 nitrogen and oxygen atoms in total. The van der Waals surface area contributed by atoms with E-state index in [9.17, 15) is 0 Å². The monoisotopic (exact) mass is 112 g/mol. The van der Waals surface area contributed by atoms with Crippen molar-refractivity contribution in [2.45, 2.75) is 0 Å². The van der Waals surface area contributed by atoms with E-state index >= 15 is 0 Å². The molecule has 0 aliphatic carbocycles. The van der Waals surface area contributed by atoms with E-state index in [1.54, 1.807) is 6.08 Å². The van der Waals surface area contributed by atoms with Gasteiger partial charge < -0.3 is 5.01 Å². The predicted octanol–water partition coefficient (Wildman–Crippen LogP) is 0.752. The molecule has 0 unspecified atom stereocenters. The minimum Gasteiger partial charge on any atom is -0.319 e. The summed E-state index contributed by atoms with van der Waals surface area (Å²) in [4.78, 5) is 0. The summed E-state index contributed by atoms with van der Waals surface area (Å²) in [5, 5.41) is 1.84. The molecule has 0 amide bonds. The summed E-state index contributed by atoms with van der Waals surface area (Å²) in [6.45, 7) is 3.53. The van der Waals surface area contributed by atoms with Gasteiger partial charge in [0.1, 0.15) is 0 Å². The van der Waals surface area contributed by atoms with Crippen LogP contribution >= 0.6 is 0 Å². The number of nitrogens with one attached hydrogen (secondary N) is 1. The fourth-order valence-electron chi connectivity index (χ4n) is 0.264. The van der Waals surface area contributed by atoms with E-state index in [4.69, 9.17) is 0 Å². The highest BCUT2D eigenvalue weighted by Crippen LogP contribution is 1.75. The van der Waals surface area contributed by atoms with Crippen LogP contribution in [0.25, 0.3) is 0 Å². The number of rotatable bonds is 3. The molecule has 0 aromatic heterocycles. The molecule has 0 saturated carbocycles. The van der Waals surface area contributed by atoms with E-state index in [0.29, 0.717) is 0 Å². The maximum Gasteiger partial charge on any atom is 0.0225 e. The van der Waals surface area contributed by atoms with Crippen LogP contribution < -0.4 is 5.43 Å². The van der Waals surface area contributed by atoms with Crippen LogP contribution in [0.1, 0.15) is 0 Å². The number of allylic oxidation sites excluding steroid dienone is 2. The fraction of sp³-hybridized carbons (Fsp3) is 0.333. The lowest BCUT2D eigenvalue weighted by atomic mass is 10.6. The highest BCUT2D eigenvalue weighted by atomic mass is 15.5. The minimum absolute atomic E-state index is 1.73. The summed E-state index contributed by atoms with van der Waals surface area (Å²) in [7, 11) is 3.77. The Morgan fingerprint density at radius 1 is 1.62 bits per heavy atom. The van der Waals surface area contributed by atoms with Crippen LogP contribution in [0.4, 0.5) is 0 Å². The molecular weight excluding hydrogens is 100 g/mol. The van der Waals surface area contributed by atoms with E-state index in [0.717, 1.165) is 0 Å². The van der Waals surface area contributed by atoms with Crippen molar-refractivity contribution >= 4 is 0 Å². The second-order valence-electron chi connectivity index (χ2n) is 1.41. The van der Waals surface area contributed by atoms with Gasteiger partial charge >= 0.3 is 0 Å². The van der Waals surface area contributed by atoms with Crippen LogP contribution in [0.15, 0.2) is 24.9 Å². The largest absolute Gasteiger partial charge is 0.319 e. The zero-order valence-corrected chi connectivity index (χ0v) is 5.39. The molecule has 46 valence electrons. The second-order valence-corrected chi connectivity index (χ2v) is 1.41. The molecule has 0 rings (SSSR count). The molecule has 0 atom stereocenters. The first-order valence-electron chi connectivity index (χ1n) is 2.50. The molecule has 0 saturated heterocycles. The first-order chi connectivity index (χ1) is 3.81. The topological polar surface area (TPSA) is 15.3 Å². The van der Waals surface area contributed by atoms with Gasteiger partial charge in [0.15, 0.2) is 0 Å². The molecule has 0 aromatic carbocycles. The molecule has 0 bridgehead atoms. The normalized spacial score (nSPS) is 9.75. The van der Waals surface area contributed by atoms with Gasteiger partial charge in [-0.1, -0.05) is 12.7 Å². The molecule has 0 aliphatic rings. The molecule has 0 aliphatic heterocycles. The zero-order valence-electron chi connectivity index (χ0n) is 5.39. The Balaban J connectivity index is 3.35. The van der Waals surface area contributed by atoms with E-state index in [2.05, 4.69) is 12.0 Å². The quantitative estimate of drug-likeness (QED) is 0.428. The molecular formula is C6H12N2. The molecule has 0 radical (unpaired) electrons. The number of nitrogens with zero attached hydrogens (tertiary/aromatic N) is 1. The third-order valence-electron chi connectivity index (χ3n) is 0.798. The highest BCUT2D eigenvalue weighted by molar-refractivity contribution is 4.95. The summed E-state index contributed by atoms with van der Waals surface area (Å²) in [6.07, 6.45) is 5.47. The van der Waals surface area contributed by atoms with Gasteiger partial charge in [0.2, 0.25) is 0 Å². The highest BCUT2D eigenvalue weighted by Gasteiger charge is 1.75. The van der Waals surface area contributed by atoms with Gasteiger partial charge in [-0.15, -0.1) is 0 Å². The molecule has 0 spiro atoms. The minimum atomic E-state index is 1.73. The SMILES string of the molecule is C=C/C=C\N(C)NC. The Kier molecular flexibility index (Phi) is 3.98. The number of hydrogen-bond acceptors (Lipinski definition) is 2. The summed E-state index contributed by atoms with van der Waals surface area (Å²) in [5.74, 6) is 0. The Morgan fingerprint density at radius 3 is 2.62 bits per heavy atom. The van der Waals surface area contributed by atoms with Crippen LogP contribution in [0.2, 0.25) is 0 Å². The summed E-state index contributed by atoms with van der Waals surface area (Å²) < 4.78 is 0. The van der Waals surface area contributed by atoms with Gasteiger partial charge in [-0.25, -0.2) is 5.43 Å². The van der Waals surface area contributed by atoms with Gasteiger partial charge in [0, 0.05) is 20.3 Å². The lowest BCUT2D eigenvalue weighted by molar-refractivity contribution is 0.365. The van der Waals surface area contributed by atoms with Gasteiger partial charge in [-0.3, -0.25) is 0 Å². The molecule has 2 heteroatoms. The van der Waals surface area contributed by atoms with Crippen molar-refractivity contribution < 1.29 is 0 Å². The van der Waals surface area contributed by atoms with Crippen LogP contribution in [0.5, 0.6) is 0 Å². The zero-order chi connectivity index (χ0) is 6.41. The van der Waals surface area contributed by atoms with Crippen molar-refractivity contribution in [2.75, 3.05) is 14.1 Å². The first kappa shape index (κ1) is 7.24. The van der Waals surface area contributed by atoms with E-state index in [1.165, 1.54) is 0 Å². The Hall–Kier alpha value is -0.760. The summed E-state index contributed by atoms with van der Waals surface area (Å²) >= 11 is 0. The van der Waals surface area contributed by atoms with E-state index in [-0.39, 0.29) is 0 Å². The lowest BCUT2D eigenvalue weighted by Gasteiger charge is -2.09. The number of hydrogen-bond donors (Lipinski definition) is 1. The maximum absolute atomic E-state index is 3.53. The third kappa shape index (κ3) is 3.43. The van der Waals surface area contributed by atoms with Crippen LogP contribution in [0.3, 0.4) is 0 Å². The first-order valence-corrected chi connectivity index (χ1v) is 2.50. The molecule has 0 heterocycles. The van der Waals surface area contributed by atoms with Crippen LogP contribution in [-0.2, 0) is 0 Å². The van der Waals surface area contributed by atoms with Crippen molar-refractivity contribution in [1.82, 2.24) is 10.4 Å². The summed E-state index contributed by atoms with van der Waals surface area (Å²) in [5.41, 5.74) is 2.90. The molecule has 0 fully saturated rings. The van der Waals surface area contributed by atoms with Crippen molar-refractivity contribution in [3.8, 4) is 0 Å². The van der Waals surface area contributed by atoms with Gasteiger partial charge in [-0.05, 0) is 6.08 Å². The Bertz CT molecular complexity index is 86.5. The number of hydrazine groups is 1. The van der Waals surface area contributed by atoms with Crippen LogP contribution in [0, 0.1) is 0 Å². The average molecular weight is 112 g/mol. The van der Waals surface area contributed by atoms with Gasteiger partial charge in [0.25, 0.3) is 0 Å². The van der Waals surface area contributed by atoms with Gasteiger partial charge in [-0.2, -0.15) is 0 Å². The Morgan fingerprint density at radius 2 is 2.25 bits per heavy atom. The fourth-order valence-corrected chi connectivity index (χ4v) is 0.264. The van der Waals surface area contributed by atoms with Crippen molar-refractivity contribution in [3.63, 3.8) is 0 Å². The van der Waals surface area contributed by atoms with Crippen molar-refractivity contribution in [3.05, 3.63) is 24.9 Å². The molecule has 8 heavy (non-hydrogen) atoms. The lowest BCUT2D eigenvalue weighted by Crippen LogP contribution is -2.24. The maximum atomic E-state index is 3.53.